The summed E-state index contributed by atoms with van der Waals surface area (Å²) in [7, 11) is -3.55. The van der Waals surface area contributed by atoms with E-state index in [1.807, 2.05) is 24.3 Å². The number of sulfonamides is 1. The lowest BCUT2D eigenvalue weighted by atomic mass is 9.92. The van der Waals surface area contributed by atoms with Gasteiger partial charge in [0.15, 0.2) is 0 Å². The Balaban J connectivity index is 1.79. The molecule has 0 radical (unpaired) electrons. The minimum Gasteiger partial charge on any atom is -0.392 e. The Kier molecular flexibility index (Phi) is 4.80. The van der Waals surface area contributed by atoms with E-state index in [0.29, 0.717) is 4.90 Å². The van der Waals surface area contributed by atoms with Gasteiger partial charge in [-0.25, -0.2) is 13.1 Å². The maximum absolute atomic E-state index is 12.5. The van der Waals surface area contributed by atoms with Crippen molar-refractivity contribution in [2.24, 2.45) is 0 Å². The van der Waals surface area contributed by atoms with Crippen LogP contribution in [-0.2, 0) is 36.0 Å². The largest absolute Gasteiger partial charge is 0.392 e. The summed E-state index contributed by atoms with van der Waals surface area (Å²) in [6.07, 6.45) is 4.28. The summed E-state index contributed by atoms with van der Waals surface area (Å²) >= 11 is 0. The third-order valence-electron chi connectivity index (χ3n) is 4.37. The van der Waals surface area contributed by atoms with Crippen LogP contribution in [0.25, 0.3) is 0 Å². The lowest BCUT2D eigenvalue weighted by molar-refractivity contribution is 0.280. The Morgan fingerprint density at radius 1 is 0.957 bits per heavy atom. The molecule has 122 valence electrons. The van der Waals surface area contributed by atoms with Crippen molar-refractivity contribution in [3.8, 4) is 0 Å². The van der Waals surface area contributed by atoms with Gasteiger partial charge in [-0.3, -0.25) is 0 Å². The zero-order valence-electron chi connectivity index (χ0n) is 13.0. The maximum Gasteiger partial charge on any atom is 0.240 e. The number of aliphatic hydroxyl groups is 1. The highest BCUT2D eigenvalue weighted by atomic mass is 32.2. The molecular formula is C18H21NO3S. The minimum absolute atomic E-state index is 0.100. The van der Waals surface area contributed by atoms with Gasteiger partial charge in [-0.15, -0.1) is 0 Å². The second-order valence-electron chi connectivity index (χ2n) is 5.89. The van der Waals surface area contributed by atoms with Crippen LogP contribution >= 0.6 is 0 Å². The van der Waals surface area contributed by atoms with Gasteiger partial charge in [0, 0.05) is 6.54 Å². The molecule has 0 spiro atoms. The van der Waals surface area contributed by atoms with Crippen LogP contribution in [0.1, 0.15) is 35.1 Å². The second-order valence-corrected chi connectivity index (χ2v) is 7.66. The molecule has 3 rings (SSSR count). The van der Waals surface area contributed by atoms with E-state index in [9.17, 15) is 13.5 Å². The lowest BCUT2D eigenvalue weighted by Crippen LogP contribution is -2.24. The van der Waals surface area contributed by atoms with Crippen LogP contribution in [0.15, 0.2) is 47.4 Å². The molecule has 0 atom stereocenters. The fourth-order valence-electron chi connectivity index (χ4n) is 3.02. The summed E-state index contributed by atoms with van der Waals surface area (Å²) in [6.45, 7) is 0.0763. The van der Waals surface area contributed by atoms with Gasteiger partial charge in [0.1, 0.15) is 0 Å². The van der Waals surface area contributed by atoms with Crippen LogP contribution in [0.3, 0.4) is 0 Å². The molecule has 2 aromatic rings. The van der Waals surface area contributed by atoms with E-state index in [1.165, 1.54) is 12.0 Å². The summed E-state index contributed by atoms with van der Waals surface area (Å²) in [4.78, 5) is 0.319. The number of hydrogen-bond acceptors (Lipinski definition) is 3. The molecule has 2 aromatic carbocycles. The molecule has 0 saturated carbocycles. The molecule has 0 heterocycles. The number of aryl methyl sites for hydroxylation is 2. The van der Waals surface area contributed by atoms with Crippen molar-refractivity contribution in [1.82, 2.24) is 4.72 Å². The Labute approximate surface area is 137 Å². The zero-order valence-corrected chi connectivity index (χ0v) is 13.8. The summed E-state index contributed by atoms with van der Waals surface area (Å²) in [5.41, 5.74) is 3.94. The molecule has 0 saturated heterocycles. The van der Waals surface area contributed by atoms with Crippen molar-refractivity contribution in [2.45, 2.75) is 43.7 Å². The molecule has 2 N–H and O–H groups in total. The third-order valence-corrected chi connectivity index (χ3v) is 5.77. The van der Waals surface area contributed by atoms with E-state index < -0.39 is 10.0 Å². The van der Waals surface area contributed by atoms with Gasteiger partial charge in [-0.05, 0) is 60.1 Å². The fraction of sp³-hybridized carbons (Fsp3) is 0.333. The summed E-state index contributed by atoms with van der Waals surface area (Å²) in [6, 6.07) is 12.7. The minimum atomic E-state index is -3.55. The van der Waals surface area contributed by atoms with Crippen LogP contribution in [0, 0.1) is 0 Å². The molecule has 0 amide bonds. The van der Waals surface area contributed by atoms with E-state index >= 15 is 0 Å². The number of hydrogen-bond donors (Lipinski definition) is 2. The summed E-state index contributed by atoms with van der Waals surface area (Å²) in [5.74, 6) is 0. The normalized spacial score (nSPS) is 14.5. The van der Waals surface area contributed by atoms with Crippen molar-refractivity contribution in [3.63, 3.8) is 0 Å². The average Bonchev–Trinajstić information content (AvgIpc) is 2.60. The monoisotopic (exact) mass is 331 g/mol. The molecular weight excluding hydrogens is 310 g/mol. The highest BCUT2D eigenvalue weighted by molar-refractivity contribution is 7.89. The summed E-state index contributed by atoms with van der Waals surface area (Å²) in [5, 5.41) is 9.32. The SMILES string of the molecule is O=S(=O)(NCc1ccccc1CO)c1ccc2c(c1)CCCC2. The number of rotatable bonds is 5. The van der Waals surface area contributed by atoms with Crippen LogP contribution in [0.4, 0.5) is 0 Å². The Morgan fingerprint density at radius 2 is 1.65 bits per heavy atom. The third kappa shape index (κ3) is 3.63. The van der Waals surface area contributed by atoms with Crippen LogP contribution in [0.2, 0.25) is 0 Å². The molecule has 0 bridgehead atoms. The standard InChI is InChI=1S/C18H21NO3S/c20-13-17-8-4-3-7-16(17)12-19-23(21,22)18-10-9-14-5-1-2-6-15(14)11-18/h3-4,7-11,19-20H,1-2,5-6,12-13H2. The average molecular weight is 331 g/mol. The molecule has 0 fully saturated rings. The molecule has 0 unspecified atom stereocenters. The van der Waals surface area contributed by atoms with Crippen molar-refractivity contribution < 1.29 is 13.5 Å². The quantitative estimate of drug-likeness (QED) is 0.885. The fourth-order valence-corrected chi connectivity index (χ4v) is 4.07. The first-order valence-corrected chi connectivity index (χ1v) is 9.37. The van der Waals surface area contributed by atoms with Gasteiger partial charge in [-0.2, -0.15) is 0 Å². The van der Waals surface area contributed by atoms with E-state index in [4.69, 9.17) is 0 Å². The maximum atomic E-state index is 12.5. The second kappa shape index (κ2) is 6.83. The van der Waals surface area contributed by atoms with E-state index in [1.54, 1.807) is 18.2 Å². The first-order valence-electron chi connectivity index (χ1n) is 7.89. The Bertz CT molecular complexity index is 800. The molecule has 23 heavy (non-hydrogen) atoms. The predicted octanol–water partition coefficient (Wildman–Crippen LogP) is 2.54. The van der Waals surface area contributed by atoms with Crippen LogP contribution in [0.5, 0.6) is 0 Å². The van der Waals surface area contributed by atoms with Gasteiger partial charge in [0.2, 0.25) is 10.0 Å². The number of aliphatic hydroxyl groups excluding tert-OH is 1. The van der Waals surface area contributed by atoms with E-state index in [-0.39, 0.29) is 13.2 Å². The molecule has 1 aliphatic rings. The van der Waals surface area contributed by atoms with Gasteiger partial charge < -0.3 is 5.11 Å². The highest BCUT2D eigenvalue weighted by Gasteiger charge is 2.17. The lowest BCUT2D eigenvalue weighted by Gasteiger charge is -2.17. The Morgan fingerprint density at radius 3 is 2.39 bits per heavy atom. The predicted molar refractivity (Wildman–Crippen MR) is 89.5 cm³/mol. The van der Waals surface area contributed by atoms with E-state index in [0.717, 1.165) is 36.0 Å². The van der Waals surface area contributed by atoms with Crippen molar-refractivity contribution >= 4 is 10.0 Å². The molecule has 0 aromatic heterocycles. The topological polar surface area (TPSA) is 66.4 Å². The smallest absolute Gasteiger partial charge is 0.240 e. The molecule has 1 aliphatic carbocycles. The molecule has 5 heteroatoms. The van der Waals surface area contributed by atoms with Gasteiger partial charge in [0.05, 0.1) is 11.5 Å². The van der Waals surface area contributed by atoms with E-state index in [2.05, 4.69) is 4.72 Å². The van der Waals surface area contributed by atoms with Crippen molar-refractivity contribution in [2.75, 3.05) is 0 Å². The molecule has 4 nitrogen and oxygen atoms in total. The molecule has 0 aliphatic heterocycles. The number of fused-ring (bicyclic) bond motifs is 1. The van der Waals surface area contributed by atoms with Gasteiger partial charge >= 0.3 is 0 Å². The number of benzene rings is 2. The van der Waals surface area contributed by atoms with Gasteiger partial charge in [0.25, 0.3) is 0 Å². The van der Waals surface area contributed by atoms with Gasteiger partial charge in [-0.1, -0.05) is 30.3 Å². The Hall–Kier alpha value is -1.69. The zero-order chi connectivity index (χ0) is 16.3. The van der Waals surface area contributed by atoms with Crippen molar-refractivity contribution in [3.05, 3.63) is 64.7 Å². The van der Waals surface area contributed by atoms with Crippen LogP contribution < -0.4 is 4.72 Å². The van der Waals surface area contributed by atoms with Crippen molar-refractivity contribution in [1.29, 1.82) is 0 Å². The first kappa shape index (κ1) is 16.2. The summed E-state index contributed by atoms with van der Waals surface area (Å²) < 4.78 is 27.7. The number of nitrogens with one attached hydrogen (secondary N) is 1. The first-order chi connectivity index (χ1) is 11.1. The highest BCUT2D eigenvalue weighted by Crippen LogP contribution is 2.24. The van der Waals surface area contributed by atoms with Crippen LogP contribution in [-0.4, -0.2) is 13.5 Å².